The maximum atomic E-state index is 12.9. The number of rotatable bonds is 9. The molecule has 0 saturated carbocycles. The van der Waals surface area contributed by atoms with E-state index < -0.39 is 17.7 Å². The summed E-state index contributed by atoms with van der Waals surface area (Å²) >= 11 is 0. The van der Waals surface area contributed by atoms with Crippen LogP contribution in [0.25, 0.3) is 32.9 Å². The minimum atomic E-state index is -1.14. The summed E-state index contributed by atoms with van der Waals surface area (Å²) in [6, 6.07) is 12.0. The molecular weight excluding hydrogens is 476 g/mol. The number of hydrogen-bond donors (Lipinski definition) is 1. The van der Waals surface area contributed by atoms with Crippen molar-refractivity contribution in [2.45, 2.75) is 78.4 Å². The van der Waals surface area contributed by atoms with Crippen LogP contribution in [0.3, 0.4) is 0 Å². The molecular formula is C32H36N2O4. The highest BCUT2D eigenvalue weighted by Gasteiger charge is 2.34. The van der Waals surface area contributed by atoms with Crippen LogP contribution in [0.15, 0.2) is 42.6 Å². The third-order valence-corrected chi connectivity index (χ3v) is 7.52. The quantitative estimate of drug-likeness (QED) is 0.234. The minimum absolute atomic E-state index is 0.603. The molecule has 198 valence electrons. The standard InChI is InChI=1S/C32H36N2O4/c1-6-7-8-15-32(4,5)38-30(31(35)36)26-19(2)18-24-22(10-9-20(3)34-24)28(26)23-11-12-25-27-21(14-17-37-25)13-16-33-29(23)27/h9-13,16,18,30H,6-8,14-15,17H2,1-5H3,(H,35,36). The van der Waals surface area contributed by atoms with Gasteiger partial charge in [0.15, 0.2) is 6.10 Å². The van der Waals surface area contributed by atoms with E-state index in [1.165, 1.54) is 5.56 Å². The molecule has 0 bridgehead atoms. The Balaban J connectivity index is 1.78. The molecule has 5 rings (SSSR count). The Morgan fingerprint density at radius 1 is 1.16 bits per heavy atom. The van der Waals surface area contributed by atoms with E-state index in [-0.39, 0.29) is 0 Å². The van der Waals surface area contributed by atoms with Crippen molar-refractivity contribution in [1.29, 1.82) is 0 Å². The first-order valence-electron chi connectivity index (χ1n) is 13.6. The molecule has 1 atom stereocenters. The fraction of sp³-hybridized carbons (Fsp3) is 0.406. The predicted octanol–water partition coefficient (Wildman–Crippen LogP) is 7.50. The fourth-order valence-corrected chi connectivity index (χ4v) is 5.67. The number of carbonyl (C=O) groups is 1. The van der Waals surface area contributed by atoms with Crippen LogP contribution in [0.1, 0.15) is 74.9 Å². The number of fused-ring (bicyclic) bond motifs is 1. The van der Waals surface area contributed by atoms with Gasteiger partial charge in [0.05, 0.1) is 23.2 Å². The summed E-state index contributed by atoms with van der Waals surface area (Å²) in [7, 11) is 0. The summed E-state index contributed by atoms with van der Waals surface area (Å²) in [5, 5.41) is 12.4. The van der Waals surface area contributed by atoms with Crippen molar-refractivity contribution < 1.29 is 19.4 Å². The lowest BCUT2D eigenvalue weighted by Crippen LogP contribution is -2.31. The number of ether oxygens (including phenoxy) is 2. The van der Waals surface area contributed by atoms with Crippen LogP contribution in [-0.4, -0.2) is 33.3 Å². The number of aryl methyl sites for hydroxylation is 2. The summed E-state index contributed by atoms with van der Waals surface area (Å²) in [5.74, 6) is -0.190. The molecule has 0 radical (unpaired) electrons. The van der Waals surface area contributed by atoms with E-state index in [1.54, 1.807) is 0 Å². The highest BCUT2D eigenvalue weighted by atomic mass is 16.5. The van der Waals surface area contributed by atoms with Gasteiger partial charge in [-0.25, -0.2) is 4.79 Å². The second-order valence-corrected chi connectivity index (χ2v) is 11.0. The van der Waals surface area contributed by atoms with Crippen molar-refractivity contribution in [3.05, 3.63) is 65.0 Å². The summed E-state index contributed by atoms with van der Waals surface area (Å²) in [5.41, 5.74) is 6.28. The van der Waals surface area contributed by atoms with E-state index in [0.29, 0.717) is 12.2 Å². The van der Waals surface area contributed by atoms with Crippen LogP contribution in [0.5, 0.6) is 5.75 Å². The van der Waals surface area contributed by atoms with Crippen molar-refractivity contribution in [2.24, 2.45) is 0 Å². The second kappa shape index (κ2) is 10.3. The minimum Gasteiger partial charge on any atom is -0.493 e. The number of benzene rings is 2. The van der Waals surface area contributed by atoms with Crippen LogP contribution in [0.4, 0.5) is 0 Å². The van der Waals surface area contributed by atoms with Crippen molar-refractivity contribution in [2.75, 3.05) is 6.61 Å². The third kappa shape index (κ3) is 4.85. The van der Waals surface area contributed by atoms with Gasteiger partial charge >= 0.3 is 5.97 Å². The molecule has 0 amide bonds. The maximum Gasteiger partial charge on any atom is 0.337 e. The fourth-order valence-electron chi connectivity index (χ4n) is 5.67. The van der Waals surface area contributed by atoms with E-state index in [2.05, 4.69) is 6.92 Å². The normalized spacial score (nSPS) is 14.0. The van der Waals surface area contributed by atoms with Crippen molar-refractivity contribution >= 4 is 27.8 Å². The van der Waals surface area contributed by atoms with Gasteiger partial charge in [-0.05, 0) is 81.1 Å². The molecule has 1 N–H and O–H groups in total. The zero-order valence-electron chi connectivity index (χ0n) is 22.9. The van der Waals surface area contributed by atoms with Crippen LogP contribution in [-0.2, 0) is 16.0 Å². The first-order valence-corrected chi connectivity index (χ1v) is 13.6. The number of unbranched alkanes of at least 4 members (excludes halogenated alkanes) is 2. The Bertz CT molecular complexity index is 1520. The number of aromatic nitrogens is 2. The van der Waals surface area contributed by atoms with Crippen molar-refractivity contribution in [1.82, 2.24) is 9.97 Å². The molecule has 0 aliphatic carbocycles. The largest absolute Gasteiger partial charge is 0.493 e. The first-order chi connectivity index (χ1) is 18.2. The van der Waals surface area contributed by atoms with Gasteiger partial charge in [-0.3, -0.25) is 9.97 Å². The summed E-state index contributed by atoms with van der Waals surface area (Å²) < 4.78 is 12.4. The monoisotopic (exact) mass is 512 g/mol. The van der Waals surface area contributed by atoms with Crippen LogP contribution in [0, 0.1) is 13.8 Å². The molecule has 1 aliphatic rings. The van der Waals surface area contributed by atoms with Gasteiger partial charge < -0.3 is 14.6 Å². The van der Waals surface area contributed by atoms with E-state index in [9.17, 15) is 9.90 Å². The molecule has 3 heterocycles. The average Bonchev–Trinajstić information content (AvgIpc) is 2.87. The first kappa shape index (κ1) is 26.1. The number of nitrogens with zero attached hydrogens (tertiary/aromatic N) is 2. The zero-order valence-corrected chi connectivity index (χ0v) is 22.9. The topological polar surface area (TPSA) is 81.5 Å². The molecule has 0 saturated heterocycles. The second-order valence-electron chi connectivity index (χ2n) is 11.0. The number of carboxylic acids is 1. The Kier molecular flexibility index (Phi) is 7.10. The van der Waals surface area contributed by atoms with Crippen LogP contribution < -0.4 is 4.74 Å². The lowest BCUT2D eigenvalue weighted by atomic mass is 9.86. The Morgan fingerprint density at radius 2 is 1.97 bits per heavy atom. The van der Waals surface area contributed by atoms with Gasteiger partial charge in [0.25, 0.3) is 0 Å². The predicted molar refractivity (Wildman–Crippen MR) is 151 cm³/mol. The van der Waals surface area contributed by atoms with Gasteiger partial charge in [-0.2, -0.15) is 0 Å². The Labute approximate surface area is 224 Å². The molecule has 0 fully saturated rings. The number of pyridine rings is 2. The highest BCUT2D eigenvalue weighted by Crippen LogP contribution is 2.45. The zero-order chi connectivity index (χ0) is 27.0. The molecule has 0 spiro atoms. The maximum absolute atomic E-state index is 12.9. The molecule has 6 nitrogen and oxygen atoms in total. The number of aliphatic carboxylic acids is 1. The van der Waals surface area contributed by atoms with Crippen LogP contribution >= 0.6 is 0 Å². The highest BCUT2D eigenvalue weighted by molar-refractivity contribution is 6.08. The summed E-state index contributed by atoms with van der Waals surface area (Å²) in [6.07, 6.45) is 5.46. The number of carboxylic acid groups (broad SMARTS) is 1. The van der Waals surface area contributed by atoms with Gasteiger partial charge in [-0.15, -0.1) is 0 Å². The third-order valence-electron chi connectivity index (χ3n) is 7.52. The molecule has 6 heteroatoms. The van der Waals surface area contributed by atoms with E-state index >= 15 is 0 Å². The molecule has 4 aromatic rings. The SMILES string of the molecule is CCCCCC(C)(C)OC(C(=O)O)c1c(C)cc2nc(C)ccc2c1-c1ccc2c3c(ccnc13)CCO2. The van der Waals surface area contributed by atoms with Crippen LogP contribution in [0.2, 0.25) is 0 Å². The lowest BCUT2D eigenvalue weighted by Gasteiger charge is -2.31. The van der Waals surface area contributed by atoms with E-state index in [1.807, 2.05) is 70.3 Å². The summed E-state index contributed by atoms with van der Waals surface area (Å²) in [6.45, 7) is 10.7. The Morgan fingerprint density at radius 3 is 2.74 bits per heavy atom. The van der Waals surface area contributed by atoms with Crippen molar-refractivity contribution in [3.8, 4) is 16.9 Å². The van der Waals surface area contributed by atoms with E-state index in [0.717, 1.165) is 82.0 Å². The molecule has 1 aliphatic heterocycles. The number of hydrogen-bond acceptors (Lipinski definition) is 5. The Hall–Kier alpha value is -3.51. The summed E-state index contributed by atoms with van der Waals surface area (Å²) in [4.78, 5) is 22.5. The van der Waals surface area contributed by atoms with Gasteiger partial charge in [0.1, 0.15) is 5.75 Å². The van der Waals surface area contributed by atoms with Gasteiger partial charge in [0, 0.05) is 40.2 Å². The van der Waals surface area contributed by atoms with E-state index in [4.69, 9.17) is 19.4 Å². The average molecular weight is 513 g/mol. The van der Waals surface area contributed by atoms with Crippen molar-refractivity contribution in [3.63, 3.8) is 0 Å². The molecule has 38 heavy (non-hydrogen) atoms. The van der Waals surface area contributed by atoms with Gasteiger partial charge in [-0.1, -0.05) is 32.3 Å². The van der Waals surface area contributed by atoms with Gasteiger partial charge in [0.2, 0.25) is 0 Å². The lowest BCUT2D eigenvalue weighted by molar-refractivity contribution is -0.163. The molecule has 1 unspecified atom stereocenters. The smallest absolute Gasteiger partial charge is 0.337 e. The molecule has 2 aromatic heterocycles. The molecule has 2 aromatic carbocycles.